The zero-order chi connectivity index (χ0) is 17.0. The van der Waals surface area contributed by atoms with Crippen LogP contribution in [0.3, 0.4) is 0 Å². The highest BCUT2D eigenvalue weighted by Gasteiger charge is 2.15. The maximum absolute atomic E-state index is 11.6. The Labute approximate surface area is 135 Å². The Bertz CT molecular complexity index is 756. The topological polar surface area (TPSA) is 120 Å². The van der Waals surface area contributed by atoms with Crippen LogP contribution in [0.2, 0.25) is 0 Å². The van der Waals surface area contributed by atoms with Crippen LogP contribution in [0.5, 0.6) is 0 Å². The number of thioether (sulfide) groups is 1. The molecular formula is C13H13N5O4S. The summed E-state index contributed by atoms with van der Waals surface area (Å²) in [5, 5.41) is 17.3. The van der Waals surface area contributed by atoms with Crippen molar-refractivity contribution in [3.63, 3.8) is 0 Å². The fourth-order valence-corrected chi connectivity index (χ4v) is 2.60. The summed E-state index contributed by atoms with van der Waals surface area (Å²) in [7, 11) is 0. The van der Waals surface area contributed by atoms with Crippen LogP contribution >= 0.6 is 11.8 Å². The van der Waals surface area contributed by atoms with Gasteiger partial charge in [-0.25, -0.2) is 0 Å². The van der Waals surface area contributed by atoms with Crippen LogP contribution in [0.15, 0.2) is 29.4 Å². The molecule has 0 fully saturated rings. The van der Waals surface area contributed by atoms with Gasteiger partial charge in [0.1, 0.15) is 0 Å². The van der Waals surface area contributed by atoms with Gasteiger partial charge in [-0.3, -0.25) is 25.0 Å². The van der Waals surface area contributed by atoms with Crippen LogP contribution in [0, 0.1) is 10.1 Å². The first-order chi connectivity index (χ1) is 10.9. The molecule has 2 aromatic rings. The van der Waals surface area contributed by atoms with Crippen molar-refractivity contribution in [2.45, 2.75) is 24.8 Å². The van der Waals surface area contributed by atoms with E-state index in [0.717, 1.165) is 10.2 Å². The number of anilines is 1. The van der Waals surface area contributed by atoms with Crippen molar-refractivity contribution in [3.05, 3.63) is 39.9 Å². The van der Waals surface area contributed by atoms with Gasteiger partial charge in [0.25, 0.3) is 5.69 Å². The number of non-ortho nitro benzene ring substituents is 1. The third-order valence-electron chi connectivity index (χ3n) is 2.68. The number of rotatable bonds is 5. The van der Waals surface area contributed by atoms with E-state index in [2.05, 4.69) is 15.4 Å². The summed E-state index contributed by atoms with van der Waals surface area (Å²) >= 11 is 1.24. The molecule has 9 nitrogen and oxygen atoms in total. The van der Waals surface area contributed by atoms with E-state index < -0.39 is 4.92 Å². The molecule has 0 unspecified atom stereocenters. The highest BCUT2D eigenvalue weighted by atomic mass is 32.2. The number of hydrogen-bond donors (Lipinski definition) is 1. The van der Waals surface area contributed by atoms with Gasteiger partial charge >= 0.3 is 0 Å². The summed E-state index contributed by atoms with van der Waals surface area (Å²) in [4.78, 5) is 36.8. The third-order valence-corrected chi connectivity index (χ3v) is 3.68. The number of hydrogen-bond acceptors (Lipinski definition) is 7. The highest BCUT2D eigenvalue weighted by Crippen LogP contribution is 2.23. The molecule has 2 rings (SSSR count). The molecule has 0 atom stereocenters. The average Bonchev–Trinajstić information content (AvgIpc) is 2.87. The van der Waals surface area contributed by atoms with Gasteiger partial charge in [-0.2, -0.15) is 9.67 Å². The largest absolute Gasteiger partial charge is 0.293 e. The van der Waals surface area contributed by atoms with E-state index >= 15 is 0 Å². The minimum Gasteiger partial charge on any atom is -0.293 e. The molecule has 1 amide bonds. The van der Waals surface area contributed by atoms with E-state index in [1.165, 1.54) is 37.7 Å². The number of carbonyl (C=O) groups excluding carboxylic acids is 2. The zero-order valence-electron chi connectivity index (χ0n) is 12.3. The number of carbonyl (C=O) groups is 2. The standard InChI is InChI=1S/C13H13N5O4S/c1-8(19)14-12-15-13(17(16-12)9(2)20)23-7-10-3-5-11(6-4-10)18(21)22/h3-6H,7H2,1-2H3,(H,14,16,19). The van der Waals surface area contributed by atoms with Crippen LogP contribution in [-0.4, -0.2) is 31.5 Å². The van der Waals surface area contributed by atoms with E-state index in [1.807, 2.05) is 0 Å². The molecule has 0 spiro atoms. The van der Waals surface area contributed by atoms with Crippen molar-refractivity contribution < 1.29 is 14.5 Å². The molecule has 1 aromatic carbocycles. The molecule has 23 heavy (non-hydrogen) atoms. The molecule has 0 aliphatic heterocycles. The Morgan fingerprint density at radius 2 is 1.96 bits per heavy atom. The minimum absolute atomic E-state index is 0.0126. The molecule has 1 N–H and O–H groups in total. The predicted octanol–water partition coefficient (Wildman–Crippen LogP) is 2.10. The van der Waals surface area contributed by atoms with Crippen molar-refractivity contribution in [2.24, 2.45) is 0 Å². The number of nitro groups is 1. The van der Waals surface area contributed by atoms with Crippen molar-refractivity contribution in [1.82, 2.24) is 14.8 Å². The van der Waals surface area contributed by atoms with Gasteiger partial charge in [-0.1, -0.05) is 23.9 Å². The van der Waals surface area contributed by atoms with Crippen LogP contribution in [0.1, 0.15) is 24.2 Å². The molecule has 0 aliphatic carbocycles. The molecule has 1 aromatic heterocycles. The molecule has 0 saturated heterocycles. The van der Waals surface area contributed by atoms with Gasteiger partial charge in [-0.05, 0) is 5.56 Å². The normalized spacial score (nSPS) is 10.3. The van der Waals surface area contributed by atoms with Gasteiger partial charge in [0.05, 0.1) is 4.92 Å². The van der Waals surface area contributed by atoms with Crippen molar-refractivity contribution in [2.75, 3.05) is 5.32 Å². The minimum atomic E-state index is -0.469. The lowest BCUT2D eigenvalue weighted by Gasteiger charge is -2.01. The van der Waals surface area contributed by atoms with E-state index in [9.17, 15) is 19.7 Å². The number of amides is 1. The molecular weight excluding hydrogens is 322 g/mol. The molecule has 10 heteroatoms. The molecule has 120 valence electrons. The smallest absolute Gasteiger partial charge is 0.269 e. The van der Waals surface area contributed by atoms with Gasteiger partial charge in [0.15, 0.2) is 5.16 Å². The van der Waals surface area contributed by atoms with Crippen LogP contribution in [0.25, 0.3) is 0 Å². The Morgan fingerprint density at radius 3 is 2.48 bits per heavy atom. The Kier molecular flexibility index (Phi) is 5.06. The van der Waals surface area contributed by atoms with E-state index in [-0.39, 0.29) is 23.5 Å². The summed E-state index contributed by atoms with van der Waals surface area (Å²) in [5.41, 5.74) is 0.846. The number of nitro benzene ring substituents is 1. The van der Waals surface area contributed by atoms with Crippen LogP contribution in [0.4, 0.5) is 11.6 Å². The Morgan fingerprint density at radius 1 is 1.30 bits per heavy atom. The maximum atomic E-state index is 11.6. The maximum Gasteiger partial charge on any atom is 0.269 e. The summed E-state index contributed by atoms with van der Waals surface area (Å²) in [6, 6.07) is 6.09. The predicted molar refractivity (Wildman–Crippen MR) is 83.3 cm³/mol. The number of nitrogens with zero attached hydrogens (tertiary/aromatic N) is 4. The highest BCUT2D eigenvalue weighted by molar-refractivity contribution is 7.98. The number of nitrogens with one attached hydrogen (secondary N) is 1. The van der Waals surface area contributed by atoms with E-state index in [1.54, 1.807) is 12.1 Å². The first-order valence-corrected chi connectivity index (χ1v) is 7.47. The molecule has 0 bridgehead atoms. The number of benzene rings is 1. The second-order valence-electron chi connectivity index (χ2n) is 4.54. The number of aromatic nitrogens is 3. The quantitative estimate of drug-likeness (QED) is 0.504. The summed E-state index contributed by atoms with van der Waals surface area (Å²) < 4.78 is 1.10. The van der Waals surface area contributed by atoms with Gasteiger partial charge in [0.2, 0.25) is 17.8 Å². The second-order valence-corrected chi connectivity index (χ2v) is 5.48. The molecule has 0 aliphatic rings. The summed E-state index contributed by atoms with van der Waals surface area (Å²) in [5.74, 6) is -0.166. The van der Waals surface area contributed by atoms with Crippen LogP contribution in [-0.2, 0) is 10.5 Å². The lowest BCUT2D eigenvalue weighted by molar-refractivity contribution is -0.384. The summed E-state index contributed by atoms with van der Waals surface area (Å²) in [6.45, 7) is 2.65. The SMILES string of the molecule is CC(=O)Nc1nc(SCc2ccc([N+](=O)[O-])cc2)n(C(C)=O)n1. The van der Waals surface area contributed by atoms with Crippen LogP contribution < -0.4 is 5.32 Å². The van der Waals surface area contributed by atoms with E-state index in [4.69, 9.17) is 0 Å². The fourth-order valence-electron chi connectivity index (χ4n) is 1.67. The van der Waals surface area contributed by atoms with E-state index in [0.29, 0.717) is 10.9 Å². The first-order valence-electron chi connectivity index (χ1n) is 6.48. The zero-order valence-corrected chi connectivity index (χ0v) is 13.2. The monoisotopic (exact) mass is 335 g/mol. The molecule has 0 saturated carbocycles. The Hall–Kier alpha value is -2.75. The third kappa shape index (κ3) is 4.36. The lowest BCUT2D eigenvalue weighted by atomic mass is 10.2. The van der Waals surface area contributed by atoms with Gasteiger partial charge < -0.3 is 0 Å². The summed E-state index contributed by atoms with van der Waals surface area (Å²) in [6.07, 6.45) is 0. The van der Waals surface area contributed by atoms with Crippen molar-refractivity contribution in [3.8, 4) is 0 Å². The molecule has 1 heterocycles. The van der Waals surface area contributed by atoms with Crippen molar-refractivity contribution in [1.29, 1.82) is 0 Å². The first kappa shape index (κ1) is 16.6. The van der Waals surface area contributed by atoms with Gasteiger partial charge in [0, 0.05) is 31.7 Å². The van der Waals surface area contributed by atoms with Crippen molar-refractivity contribution >= 4 is 35.2 Å². The van der Waals surface area contributed by atoms with Gasteiger partial charge in [-0.15, -0.1) is 5.10 Å². The molecule has 0 radical (unpaired) electrons. The average molecular weight is 335 g/mol. The second kappa shape index (κ2) is 7.01. The lowest BCUT2D eigenvalue weighted by Crippen LogP contribution is -2.11. The fraction of sp³-hybridized carbons (Fsp3) is 0.231. The Balaban J connectivity index is 2.12.